The Kier molecular flexibility index (Phi) is 14.6. The van der Waals surface area contributed by atoms with E-state index >= 15 is 0 Å². The highest BCUT2D eigenvalue weighted by atomic mass is 15.1. The van der Waals surface area contributed by atoms with Gasteiger partial charge >= 0.3 is 0 Å². The Labute approximate surface area is 304 Å². The van der Waals surface area contributed by atoms with Crippen LogP contribution in [0.25, 0.3) is 11.1 Å². The zero-order chi connectivity index (χ0) is 35.0. The number of hydrogen-bond donors (Lipinski definition) is 0. The molecule has 0 bridgehead atoms. The predicted octanol–water partition coefficient (Wildman–Crippen LogP) is 14.7. The van der Waals surface area contributed by atoms with E-state index < -0.39 is 0 Å². The predicted molar refractivity (Wildman–Crippen MR) is 220 cm³/mol. The molecule has 0 unspecified atom stereocenters. The van der Waals surface area contributed by atoms with Gasteiger partial charge in [-0.3, -0.25) is 0 Å². The summed E-state index contributed by atoms with van der Waals surface area (Å²) >= 11 is 0. The van der Waals surface area contributed by atoms with Crippen molar-refractivity contribution in [3.8, 4) is 11.1 Å². The van der Waals surface area contributed by atoms with Gasteiger partial charge in [-0.25, -0.2) is 0 Å². The number of rotatable bonds is 20. The van der Waals surface area contributed by atoms with Gasteiger partial charge in [0, 0.05) is 35.5 Å². The normalized spacial score (nSPS) is 11.1. The second-order valence-electron chi connectivity index (χ2n) is 14.2. The van der Waals surface area contributed by atoms with Crippen LogP contribution in [0.4, 0.5) is 28.4 Å². The average molecular weight is 665 g/mol. The number of benzene rings is 5. The molecule has 0 amide bonds. The quantitative estimate of drug-likeness (QED) is 0.0764. The minimum atomic E-state index is 1.15. The molecule has 5 rings (SSSR count). The molecule has 2 nitrogen and oxygen atoms in total. The van der Waals surface area contributed by atoms with Crippen molar-refractivity contribution in [1.82, 2.24) is 0 Å². The third-order valence-electron chi connectivity index (χ3n) is 10.2. The largest absolute Gasteiger partial charge is 0.345 e. The van der Waals surface area contributed by atoms with E-state index in [0.717, 1.165) is 17.8 Å². The van der Waals surface area contributed by atoms with Gasteiger partial charge in [-0.05, 0) is 116 Å². The molecule has 0 aliphatic heterocycles. The van der Waals surface area contributed by atoms with Gasteiger partial charge < -0.3 is 9.80 Å². The molecule has 0 saturated carbocycles. The molecule has 50 heavy (non-hydrogen) atoms. The molecule has 0 aromatic heterocycles. The summed E-state index contributed by atoms with van der Waals surface area (Å²) in [6, 6.07) is 45.2. The monoisotopic (exact) mass is 664 g/mol. The second kappa shape index (κ2) is 19.8. The minimum absolute atomic E-state index is 1.15. The molecule has 0 atom stereocenters. The second-order valence-corrected chi connectivity index (χ2v) is 14.2. The van der Waals surface area contributed by atoms with E-state index in [0.29, 0.717) is 0 Å². The van der Waals surface area contributed by atoms with Crippen LogP contribution in [0, 0.1) is 6.92 Å². The first-order chi connectivity index (χ1) is 24.6. The van der Waals surface area contributed by atoms with Crippen molar-refractivity contribution in [3.05, 3.63) is 138 Å². The molecule has 0 saturated heterocycles. The summed E-state index contributed by atoms with van der Waals surface area (Å²) in [4.78, 5) is 4.67. The summed E-state index contributed by atoms with van der Waals surface area (Å²) in [5, 5.41) is 0. The molecular weight excluding hydrogens is 605 g/mol. The van der Waals surface area contributed by atoms with Crippen LogP contribution in [-0.4, -0.2) is 7.05 Å². The first-order valence-electron chi connectivity index (χ1n) is 19.5. The smallest absolute Gasteiger partial charge is 0.0463 e. The molecule has 0 spiro atoms. The van der Waals surface area contributed by atoms with Crippen molar-refractivity contribution in [1.29, 1.82) is 0 Å². The fourth-order valence-corrected chi connectivity index (χ4v) is 6.89. The van der Waals surface area contributed by atoms with E-state index in [4.69, 9.17) is 0 Å². The van der Waals surface area contributed by atoms with Crippen LogP contribution in [0.1, 0.15) is 108 Å². The van der Waals surface area contributed by atoms with Gasteiger partial charge in [0.1, 0.15) is 0 Å². The number of nitrogens with zero attached hydrogens (tertiary/aromatic N) is 2. The Morgan fingerprint density at radius 2 is 0.680 bits per heavy atom. The Hall–Kier alpha value is -4.30. The van der Waals surface area contributed by atoms with Crippen molar-refractivity contribution in [2.75, 3.05) is 16.8 Å². The van der Waals surface area contributed by atoms with Crippen molar-refractivity contribution < 1.29 is 0 Å². The Bertz CT molecular complexity index is 1650. The van der Waals surface area contributed by atoms with Gasteiger partial charge in [0.15, 0.2) is 0 Å². The zero-order valence-corrected chi connectivity index (χ0v) is 31.3. The van der Waals surface area contributed by atoms with Crippen molar-refractivity contribution in [2.24, 2.45) is 0 Å². The third-order valence-corrected chi connectivity index (χ3v) is 10.2. The lowest BCUT2D eigenvalue weighted by Crippen LogP contribution is -2.12. The molecule has 2 heteroatoms. The van der Waals surface area contributed by atoms with Crippen LogP contribution in [0.15, 0.2) is 121 Å². The van der Waals surface area contributed by atoms with Crippen molar-refractivity contribution >= 4 is 28.4 Å². The number of anilines is 5. The Morgan fingerprint density at radius 1 is 0.360 bits per heavy atom. The number of aryl methyl sites for hydroxylation is 3. The van der Waals surface area contributed by atoms with Crippen LogP contribution in [0.3, 0.4) is 0 Å². The molecule has 262 valence electrons. The highest BCUT2D eigenvalue weighted by Gasteiger charge is 2.14. The van der Waals surface area contributed by atoms with Gasteiger partial charge in [0.2, 0.25) is 0 Å². The Balaban J connectivity index is 1.30. The van der Waals surface area contributed by atoms with E-state index in [2.05, 4.69) is 159 Å². The van der Waals surface area contributed by atoms with Gasteiger partial charge in [-0.2, -0.15) is 0 Å². The lowest BCUT2D eigenvalue weighted by atomic mass is 10.0. The Morgan fingerprint density at radius 3 is 1.12 bits per heavy atom. The lowest BCUT2D eigenvalue weighted by molar-refractivity contribution is 0.607. The molecule has 5 aromatic carbocycles. The maximum Gasteiger partial charge on any atom is 0.0463 e. The first kappa shape index (κ1) is 37.0. The summed E-state index contributed by atoms with van der Waals surface area (Å²) in [6.07, 6.45) is 18.4. The maximum absolute atomic E-state index is 2.38. The summed E-state index contributed by atoms with van der Waals surface area (Å²) in [5.41, 5.74) is 12.5. The van der Waals surface area contributed by atoms with Crippen LogP contribution < -0.4 is 9.80 Å². The fourth-order valence-electron chi connectivity index (χ4n) is 6.89. The van der Waals surface area contributed by atoms with Crippen LogP contribution in [-0.2, 0) is 12.8 Å². The summed E-state index contributed by atoms with van der Waals surface area (Å²) in [7, 11) is 2.17. The molecular formula is C48H60N2. The summed E-state index contributed by atoms with van der Waals surface area (Å²) in [5.74, 6) is 0. The number of unbranched alkanes of at least 4 members (excludes halogenated alkanes) is 10. The molecule has 0 aliphatic rings. The standard InChI is InChI=1S/C48H60N2/c1-5-7-9-11-13-15-17-40-21-29-44(30-22-40)49(4)45-35-37-48(38-36-45)50(46-31-23-41(24-32-46)18-16-14-12-10-8-6-2)47-33-27-43(28-34-47)42-25-19-39(3)20-26-42/h19-38H,5-18H2,1-4H3. The molecule has 0 radical (unpaired) electrons. The van der Waals surface area contributed by atoms with Gasteiger partial charge in [-0.15, -0.1) is 0 Å². The van der Waals surface area contributed by atoms with E-state index in [1.54, 1.807) is 0 Å². The minimum Gasteiger partial charge on any atom is -0.345 e. The molecule has 0 fully saturated rings. The van der Waals surface area contributed by atoms with Crippen LogP contribution >= 0.6 is 0 Å². The van der Waals surface area contributed by atoms with E-state index in [-0.39, 0.29) is 0 Å². The molecule has 0 aliphatic carbocycles. The van der Waals surface area contributed by atoms with Gasteiger partial charge in [0.25, 0.3) is 0 Å². The van der Waals surface area contributed by atoms with E-state index in [1.165, 1.54) is 128 Å². The lowest BCUT2D eigenvalue weighted by Gasteiger charge is -2.27. The van der Waals surface area contributed by atoms with Crippen LogP contribution in [0.2, 0.25) is 0 Å². The molecule has 5 aromatic rings. The topological polar surface area (TPSA) is 6.48 Å². The van der Waals surface area contributed by atoms with E-state index in [1.807, 2.05) is 0 Å². The zero-order valence-electron chi connectivity index (χ0n) is 31.3. The number of hydrogen-bond acceptors (Lipinski definition) is 2. The highest BCUT2D eigenvalue weighted by molar-refractivity contribution is 5.79. The van der Waals surface area contributed by atoms with Gasteiger partial charge in [-0.1, -0.05) is 144 Å². The van der Waals surface area contributed by atoms with Crippen molar-refractivity contribution in [3.63, 3.8) is 0 Å². The van der Waals surface area contributed by atoms with Gasteiger partial charge in [0.05, 0.1) is 0 Å². The SMILES string of the molecule is CCCCCCCCc1ccc(N(C)c2ccc(N(c3ccc(CCCCCCCC)cc3)c3ccc(-c4ccc(C)cc4)cc3)cc2)cc1. The fraction of sp³-hybridized carbons (Fsp3) is 0.375. The summed E-state index contributed by atoms with van der Waals surface area (Å²) in [6.45, 7) is 6.71. The third kappa shape index (κ3) is 10.8. The van der Waals surface area contributed by atoms with Crippen molar-refractivity contribution in [2.45, 2.75) is 111 Å². The first-order valence-corrected chi connectivity index (χ1v) is 19.5. The summed E-state index contributed by atoms with van der Waals surface area (Å²) < 4.78 is 0. The van der Waals surface area contributed by atoms with E-state index in [9.17, 15) is 0 Å². The molecule has 0 heterocycles. The highest BCUT2D eigenvalue weighted by Crippen LogP contribution is 2.37. The maximum atomic E-state index is 2.38. The van der Waals surface area contributed by atoms with Crippen LogP contribution in [0.5, 0.6) is 0 Å². The molecule has 0 N–H and O–H groups in total. The average Bonchev–Trinajstić information content (AvgIpc) is 3.16.